The van der Waals surface area contributed by atoms with E-state index in [1.54, 1.807) is 6.20 Å². The monoisotopic (exact) mass is 258 g/mol. The van der Waals surface area contributed by atoms with Gasteiger partial charge in [0.1, 0.15) is 17.5 Å². The normalized spacial score (nSPS) is 10.5. The van der Waals surface area contributed by atoms with Crippen molar-refractivity contribution >= 4 is 11.7 Å². The zero-order valence-electron chi connectivity index (χ0n) is 11.4. The molecule has 0 aliphatic rings. The van der Waals surface area contributed by atoms with Gasteiger partial charge in [-0.15, -0.1) is 0 Å². The fourth-order valence-corrected chi connectivity index (χ4v) is 1.88. The Hall–Kier alpha value is -2.37. The molecule has 6 nitrogen and oxygen atoms in total. The highest BCUT2D eigenvalue weighted by molar-refractivity contribution is 5.99. The molecule has 0 amide bonds. The van der Waals surface area contributed by atoms with Crippen LogP contribution in [0, 0.1) is 12.3 Å². The number of nitrogens with two attached hydrogens (primary N) is 1. The van der Waals surface area contributed by atoms with Crippen LogP contribution in [0.3, 0.4) is 0 Å². The van der Waals surface area contributed by atoms with E-state index in [4.69, 9.17) is 11.1 Å². The van der Waals surface area contributed by atoms with Gasteiger partial charge in [-0.3, -0.25) is 5.41 Å². The third kappa shape index (κ3) is 2.73. The summed E-state index contributed by atoms with van der Waals surface area (Å²) in [5, 5.41) is 7.62. The Kier molecular flexibility index (Phi) is 3.50. The zero-order valence-corrected chi connectivity index (χ0v) is 11.4. The topological polar surface area (TPSA) is 83.8 Å². The van der Waals surface area contributed by atoms with Crippen molar-refractivity contribution in [2.45, 2.75) is 13.5 Å². The first-order valence-electron chi connectivity index (χ1n) is 5.98. The summed E-state index contributed by atoms with van der Waals surface area (Å²) in [6.45, 7) is 2.53. The van der Waals surface area contributed by atoms with E-state index in [2.05, 4.69) is 9.97 Å². The molecule has 19 heavy (non-hydrogen) atoms. The number of hydrogen-bond acceptors (Lipinski definition) is 4. The summed E-state index contributed by atoms with van der Waals surface area (Å²) in [4.78, 5) is 10.7. The Morgan fingerprint density at radius 1 is 1.47 bits per heavy atom. The molecule has 0 aliphatic heterocycles. The zero-order chi connectivity index (χ0) is 14.0. The lowest BCUT2D eigenvalue weighted by molar-refractivity contribution is 0.754. The van der Waals surface area contributed by atoms with E-state index in [0.29, 0.717) is 17.9 Å². The van der Waals surface area contributed by atoms with Crippen LogP contribution < -0.4 is 10.6 Å². The molecule has 2 aromatic rings. The van der Waals surface area contributed by atoms with Crippen LogP contribution in [0.25, 0.3) is 0 Å². The van der Waals surface area contributed by atoms with Gasteiger partial charge in [0.2, 0.25) is 0 Å². The highest BCUT2D eigenvalue weighted by atomic mass is 15.2. The van der Waals surface area contributed by atoms with Gasteiger partial charge in [0.15, 0.2) is 0 Å². The molecule has 2 rings (SSSR count). The average Bonchev–Trinajstić information content (AvgIpc) is 2.74. The molecule has 100 valence electrons. The highest BCUT2D eigenvalue weighted by Gasteiger charge is 2.13. The van der Waals surface area contributed by atoms with Gasteiger partial charge in [-0.05, 0) is 19.1 Å². The van der Waals surface area contributed by atoms with Gasteiger partial charge in [-0.1, -0.05) is 0 Å². The molecule has 0 radical (unpaired) electrons. The SMILES string of the molecule is Cc1ccc(C(=N)N)c(N(C)Cc2nccn2C)n1. The van der Waals surface area contributed by atoms with Gasteiger partial charge >= 0.3 is 0 Å². The van der Waals surface area contributed by atoms with Gasteiger partial charge in [-0.2, -0.15) is 0 Å². The number of nitrogen functional groups attached to an aromatic ring is 1. The summed E-state index contributed by atoms with van der Waals surface area (Å²) in [7, 11) is 3.87. The number of nitrogens with zero attached hydrogens (tertiary/aromatic N) is 4. The molecular formula is C13H18N6. The quantitative estimate of drug-likeness (QED) is 0.634. The molecule has 0 atom stereocenters. The van der Waals surface area contributed by atoms with Crippen molar-refractivity contribution < 1.29 is 0 Å². The lowest BCUT2D eigenvalue weighted by atomic mass is 10.2. The molecule has 0 saturated carbocycles. The summed E-state index contributed by atoms with van der Waals surface area (Å²) >= 11 is 0. The maximum Gasteiger partial charge on any atom is 0.139 e. The van der Waals surface area contributed by atoms with E-state index in [0.717, 1.165) is 11.5 Å². The molecule has 6 heteroatoms. The van der Waals surface area contributed by atoms with Gasteiger partial charge < -0.3 is 15.2 Å². The van der Waals surface area contributed by atoms with Gasteiger partial charge in [0.25, 0.3) is 0 Å². The second kappa shape index (κ2) is 5.09. The van der Waals surface area contributed by atoms with Crippen LogP contribution in [0.4, 0.5) is 5.82 Å². The third-order valence-electron chi connectivity index (χ3n) is 2.97. The smallest absolute Gasteiger partial charge is 0.139 e. The molecule has 0 aliphatic carbocycles. The van der Waals surface area contributed by atoms with E-state index < -0.39 is 0 Å². The fraction of sp³-hybridized carbons (Fsp3) is 0.308. The highest BCUT2D eigenvalue weighted by Crippen LogP contribution is 2.18. The summed E-state index contributed by atoms with van der Waals surface area (Å²) < 4.78 is 1.96. The number of nitrogens with one attached hydrogen (secondary N) is 1. The first-order valence-corrected chi connectivity index (χ1v) is 5.98. The largest absolute Gasteiger partial charge is 0.384 e. The molecular weight excluding hydrogens is 240 g/mol. The fourth-order valence-electron chi connectivity index (χ4n) is 1.88. The van der Waals surface area contributed by atoms with Crippen molar-refractivity contribution in [2.24, 2.45) is 12.8 Å². The van der Waals surface area contributed by atoms with Crippen molar-refractivity contribution in [2.75, 3.05) is 11.9 Å². The van der Waals surface area contributed by atoms with Crippen molar-refractivity contribution in [1.29, 1.82) is 5.41 Å². The predicted octanol–water partition coefficient (Wildman–Crippen LogP) is 1.04. The molecule has 0 spiro atoms. The summed E-state index contributed by atoms with van der Waals surface area (Å²) in [6, 6.07) is 3.68. The molecule has 0 unspecified atom stereocenters. The molecule has 2 aromatic heterocycles. The number of anilines is 1. The van der Waals surface area contributed by atoms with Gasteiger partial charge in [-0.25, -0.2) is 9.97 Å². The second-order valence-electron chi connectivity index (χ2n) is 4.55. The number of hydrogen-bond donors (Lipinski definition) is 2. The van der Waals surface area contributed by atoms with E-state index in [-0.39, 0.29) is 5.84 Å². The Morgan fingerprint density at radius 2 is 2.21 bits per heavy atom. The maximum absolute atomic E-state index is 7.62. The minimum Gasteiger partial charge on any atom is -0.384 e. The Balaban J connectivity index is 2.32. The number of aryl methyl sites for hydroxylation is 2. The second-order valence-corrected chi connectivity index (χ2v) is 4.55. The summed E-state index contributed by atoms with van der Waals surface area (Å²) in [6.07, 6.45) is 3.66. The van der Waals surface area contributed by atoms with Crippen LogP contribution in [-0.2, 0) is 13.6 Å². The lowest BCUT2D eigenvalue weighted by Gasteiger charge is -2.21. The molecule has 2 heterocycles. The first kappa shape index (κ1) is 13.1. The number of pyridine rings is 1. The van der Waals surface area contributed by atoms with Crippen LogP contribution in [0.2, 0.25) is 0 Å². The predicted molar refractivity (Wildman–Crippen MR) is 75.3 cm³/mol. The molecule has 0 aromatic carbocycles. The number of imidazole rings is 1. The van der Waals surface area contributed by atoms with Crippen molar-refractivity contribution in [3.05, 3.63) is 41.6 Å². The minimum absolute atomic E-state index is 0.0224. The Labute approximate surface area is 112 Å². The standard InChI is InChI=1S/C13H18N6/c1-9-4-5-10(12(14)15)13(17-9)19(3)8-11-16-6-7-18(11)2/h4-7H,8H2,1-3H3,(H3,14,15). The molecule has 0 saturated heterocycles. The minimum atomic E-state index is 0.0224. The van der Waals surface area contributed by atoms with Crippen molar-refractivity contribution in [3.8, 4) is 0 Å². The van der Waals surface area contributed by atoms with E-state index in [1.807, 2.05) is 48.8 Å². The number of rotatable bonds is 4. The average molecular weight is 258 g/mol. The van der Waals surface area contributed by atoms with Crippen molar-refractivity contribution in [3.63, 3.8) is 0 Å². The van der Waals surface area contributed by atoms with E-state index in [9.17, 15) is 0 Å². The summed E-state index contributed by atoms with van der Waals surface area (Å²) in [5.74, 6) is 1.66. The van der Waals surface area contributed by atoms with E-state index in [1.165, 1.54) is 0 Å². The van der Waals surface area contributed by atoms with Crippen LogP contribution in [0.15, 0.2) is 24.5 Å². The van der Waals surface area contributed by atoms with Gasteiger partial charge in [0.05, 0.1) is 12.1 Å². The van der Waals surface area contributed by atoms with Crippen LogP contribution >= 0.6 is 0 Å². The summed E-state index contributed by atoms with van der Waals surface area (Å²) in [5.41, 5.74) is 7.14. The number of aromatic nitrogens is 3. The van der Waals surface area contributed by atoms with Crippen molar-refractivity contribution in [1.82, 2.24) is 14.5 Å². The van der Waals surface area contributed by atoms with Crippen LogP contribution in [0.5, 0.6) is 0 Å². The Morgan fingerprint density at radius 3 is 2.79 bits per heavy atom. The maximum atomic E-state index is 7.62. The molecule has 3 N–H and O–H groups in total. The number of amidine groups is 1. The third-order valence-corrected chi connectivity index (χ3v) is 2.97. The van der Waals surface area contributed by atoms with Gasteiger partial charge in [0, 0.05) is 32.2 Å². The van der Waals surface area contributed by atoms with Crippen LogP contribution in [-0.4, -0.2) is 27.4 Å². The lowest BCUT2D eigenvalue weighted by Crippen LogP contribution is -2.24. The molecule has 0 bridgehead atoms. The first-order chi connectivity index (χ1) is 8.99. The van der Waals surface area contributed by atoms with Crippen LogP contribution in [0.1, 0.15) is 17.1 Å². The van der Waals surface area contributed by atoms with E-state index >= 15 is 0 Å². The Bertz CT molecular complexity index is 601. The molecule has 0 fully saturated rings.